The van der Waals surface area contributed by atoms with Crippen LogP contribution in [0.25, 0.3) is 0 Å². The Labute approximate surface area is 159 Å². The lowest BCUT2D eigenvalue weighted by molar-refractivity contribution is -0.126. The Hall–Kier alpha value is -3.02. The molecule has 2 N–H and O–H groups in total. The number of carbonyl (C=O) groups is 2. The highest BCUT2D eigenvalue weighted by atomic mass is 16.5. The van der Waals surface area contributed by atoms with E-state index in [1.165, 1.54) is 0 Å². The molecule has 0 heterocycles. The summed E-state index contributed by atoms with van der Waals surface area (Å²) in [6, 6.07) is 14.8. The number of rotatable bonds is 9. The van der Waals surface area contributed by atoms with Crippen LogP contribution in [-0.4, -0.2) is 32.1 Å². The van der Waals surface area contributed by atoms with Crippen molar-refractivity contribution >= 4 is 17.5 Å². The smallest absolute Gasteiger partial charge is 0.233 e. The van der Waals surface area contributed by atoms with Gasteiger partial charge in [0.15, 0.2) is 0 Å². The van der Waals surface area contributed by atoms with Gasteiger partial charge in [-0.05, 0) is 41.8 Å². The fraction of sp³-hybridized carbons (Fsp3) is 0.333. The number of amides is 2. The molecule has 2 aromatic rings. The Morgan fingerprint density at radius 2 is 1.63 bits per heavy atom. The molecule has 0 aromatic heterocycles. The van der Waals surface area contributed by atoms with E-state index in [9.17, 15) is 9.59 Å². The van der Waals surface area contributed by atoms with Gasteiger partial charge in [0.05, 0.1) is 13.7 Å². The summed E-state index contributed by atoms with van der Waals surface area (Å²) in [4.78, 5) is 24.0. The van der Waals surface area contributed by atoms with E-state index in [0.29, 0.717) is 18.9 Å². The van der Waals surface area contributed by atoms with E-state index in [0.717, 1.165) is 17.0 Å². The zero-order chi connectivity index (χ0) is 19.6. The first-order valence-electron chi connectivity index (χ1n) is 8.92. The molecule has 2 amide bonds. The Morgan fingerprint density at radius 1 is 0.963 bits per heavy atom. The molecule has 0 bridgehead atoms. The van der Waals surface area contributed by atoms with Gasteiger partial charge in [-0.15, -0.1) is 0 Å². The Morgan fingerprint density at radius 3 is 2.30 bits per heavy atom. The van der Waals surface area contributed by atoms with Gasteiger partial charge >= 0.3 is 0 Å². The monoisotopic (exact) mass is 370 g/mol. The van der Waals surface area contributed by atoms with E-state index in [4.69, 9.17) is 9.47 Å². The van der Waals surface area contributed by atoms with Crippen LogP contribution in [0.2, 0.25) is 0 Å². The second kappa shape index (κ2) is 10.2. The quantitative estimate of drug-likeness (QED) is 0.524. The predicted molar refractivity (Wildman–Crippen MR) is 105 cm³/mol. The minimum Gasteiger partial charge on any atom is -0.497 e. The normalized spacial score (nSPS) is 10.4. The number of hydrogen-bond acceptors (Lipinski definition) is 4. The summed E-state index contributed by atoms with van der Waals surface area (Å²) in [5.41, 5.74) is 1.78. The highest BCUT2D eigenvalue weighted by Gasteiger charge is 2.12. The fourth-order valence-electron chi connectivity index (χ4n) is 2.55. The molecule has 0 radical (unpaired) electrons. The van der Waals surface area contributed by atoms with E-state index in [-0.39, 0.29) is 24.2 Å². The van der Waals surface area contributed by atoms with Gasteiger partial charge in [0.1, 0.15) is 24.5 Å². The number of methoxy groups -OCH3 is 1. The number of nitrogens with one attached hydrogen (secondary N) is 2. The van der Waals surface area contributed by atoms with Crippen LogP contribution < -0.4 is 20.1 Å². The standard InChI is InChI=1S/C21H26N2O4/c1-15(2)18-6-4-5-7-19(18)23-21(25)14-20(24)22-12-13-27-17-10-8-16(26-3)9-11-17/h4-11,15H,12-14H2,1-3H3,(H,22,24)(H,23,25). The van der Waals surface area contributed by atoms with E-state index < -0.39 is 0 Å². The lowest BCUT2D eigenvalue weighted by Crippen LogP contribution is -2.31. The predicted octanol–water partition coefficient (Wildman–Crippen LogP) is 3.34. The van der Waals surface area contributed by atoms with Crippen molar-refractivity contribution in [1.82, 2.24) is 5.32 Å². The Bertz CT molecular complexity index is 757. The van der Waals surface area contributed by atoms with Gasteiger partial charge in [-0.25, -0.2) is 0 Å². The molecule has 6 heteroatoms. The number of ether oxygens (including phenoxy) is 2. The van der Waals surface area contributed by atoms with Crippen LogP contribution in [0.3, 0.4) is 0 Å². The van der Waals surface area contributed by atoms with Gasteiger partial charge in [0, 0.05) is 5.69 Å². The first-order chi connectivity index (χ1) is 13.0. The third-order valence-electron chi connectivity index (χ3n) is 3.93. The number of carbonyl (C=O) groups excluding carboxylic acids is 2. The van der Waals surface area contributed by atoms with E-state index >= 15 is 0 Å². The van der Waals surface area contributed by atoms with Crippen LogP contribution in [0, 0.1) is 0 Å². The summed E-state index contributed by atoms with van der Waals surface area (Å²) in [6.45, 7) is 4.75. The van der Waals surface area contributed by atoms with E-state index in [2.05, 4.69) is 24.5 Å². The summed E-state index contributed by atoms with van der Waals surface area (Å²) >= 11 is 0. The second-order valence-electron chi connectivity index (χ2n) is 6.34. The van der Waals surface area contributed by atoms with Crippen molar-refractivity contribution in [2.75, 3.05) is 25.6 Å². The second-order valence-corrected chi connectivity index (χ2v) is 6.34. The van der Waals surface area contributed by atoms with Gasteiger partial charge < -0.3 is 20.1 Å². The number of anilines is 1. The first kappa shape index (κ1) is 20.3. The Balaban J connectivity index is 1.71. The third-order valence-corrected chi connectivity index (χ3v) is 3.93. The van der Waals surface area contributed by atoms with Crippen LogP contribution in [0.4, 0.5) is 5.69 Å². The number of hydrogen-bond donors (Lipinski definition) is 2. The lowest BCUT2D eigenvalue weighted by atomic mass is 10.0. The average Bonchev–Trinajstić information content (AvgIpc) is 2.66. The van der Waals surface area contributed by atoms with Crippen molar-refractivity contribution < 1.29 is 19.1 Å². The molecule has 0 spiro atoms. The summed E-state index contributed by atoms with van der Waals surface area (Å²) in [7, 11) is 1.60. The van der Waals surface area contributed by atoms with Gasteiger partial charge in [-0.1, -0.05) is 32.0 Å². The van der Waals surface area contributed by atoms with Crippen molar-refractivity contribution in [3.63, 3.8) is 0 Å². The molecule has 0 unspecified atom stereocenters. The fourth-order valence-corrected chi connectivity index (χ4v) is 2.55. The number of benzene rings is 2. The molecule has 6 nitrogen and oxygen atoms in total. The van der Waals surface area contributed by atoms with Gasteiger partial charge in [-0.2, -0.15) is 0 Å². The minimum absolute atomic E-state index is 0.227. The van der Waals surface area contributed by atoms with Gasteiger partial charge in [0.25, 0.3) is 0 Å². The minimum atomic E-state index is -0.340. The maximum absolute atomic E-state index is 12.1. The third kappa shape index (κ3) is 6.66. The molecule has 0 atom stereocenters. The van der Waals surface area contributed by atoms with Crippen LogP contribution in [0.15, 0.2) is 48.5 Å². The summed E-state index contributed by atoms with van der Waals surface area (Å²) in [5.74, 6) is 1.05. The van der Waals surface area contributed by atoms with E-state index in [1.807, 2.05) is 24.3 Å². The number of para-hydroxylation sites is 1. The largest absolute Gasteiger partial charge is 0.497 e. The van der Waals surface area contributed by atoms with Gasteiger partial charge in [0.2, 0.25) is 11.8 Å². The molecular formula is C21H26N2O4. The van der Waals surface area contributed by atoms with Crippen molar-refractivity contribution in [1.29, 1.82) is 0 Å². The highest BCUT2D eigenvalue weighted by molar-refractivity contribution is 6.03. The van der Waals surface area contributed by atoms with Crippen molar-refractivity contribution in [3.8, 4) is 11.5 Å². The molecule has 27 heavy (non-hydrogen) atoms. The first-order valence-corrected chi connectivity index (χ1v) is 8.92. The van der Waals surface area contributed by atoms with Crippen LogP contribution >= 0.6 is 0 Å². The van der Waals surface area contributed by atoms with Crippen LogP contribution in [-0.2, 0) is 9.59 Å². The zero-order valence-electron chi connectivity index (χ0n) is 16.0. The van der Waals surface area contributed by atoms with Crippen LogP contribution in [0.5, 0.6) is 11.5 Å². The molecule has 0 fully saturated rings. The van der Waals surface area contributed by atoms with Crippen LogP contribution in [0.1, 0.15) is 31.7 Å². The van der Waals surface area contributed by atoms with Crippen molar-refractivity contribution in [3.05, 3.63) is 54.1 Å². The Kier molecular flexibility index (Phi) is 7.67. The SMILES string of the molecule is COc1ccc(OCCNC(=O)CC(=O)Nc2ccccc2C(C)C)cc1. The van der Waals surface area contributed by atoms with Gasteiger partial charge in [-0.3, -0.25) is 9.59 Å². The molecule has 0 aliphatic carbocycles. The summed E-state index contributed by atoms with van der Waals surface area (Å²) in [6.07, 6.45) is -0.227. The lowest BCUT2D eigenvalue weighted by Gasteiger charge is -2.13. The highest BCUT2D eigenvalue weighted by Crippen LogP contribution is 2.23. The molecule has 144 valence electrons. The molecule has 2 rings (SSSR count). The van der Waals surface area contributed by atoms with E-state index in [1.54, 1.807) is 31.4 Å². The van der Waals surface area contributed by atoms with Crippen molar-refractivity contribution in [2.45, 2.75) is 26.2 Å². The summed E-state index contributed by atoms with van der Waals surface area (Å²) in [5, 5.41) is 5.49. The molecule has 0 aliphatic heterocycles. The maximum Gasteiger partial charge on any atom is 0.233 e. The average molecular weight is 370 g/mol. The molecule has 0 aliphatic rings. The molecule has 0 saturated carbocycles. The maximum atomic E-state index is 12.1. The molecule has 0 saturated heterocycles. The topological polar surface area (TPSA) is 76.7 Å². The zero-order valence-corrected chi connectivity index (χ0v) is 16.0. The van der Waals surface area contributed by atoms with Crippen molar-refractivity contribution in [2.24, 2.45) is 0 Å². The molecular weight excluding hydrogens is 344 g/mol. The molecule has 2 aromatic carbocycles. The summed E-state index contributed by atoms with van der Waals surface area (Å²) < 4.78 is 10.6.